The molecule has 0 bridgehead atoms. The van der Waals surface area contributed by atoms with Crippen LogP contribution in [0.2, 0.25) is 0 Å². The summed E-state index contributed by atoms with van der Waals surface area (Å²) in [7, 11) is 1.46. The molecule has 3 heterocycles. The molecular formula is C16H21N5O4. The second kappa shape index (κ2) is 6.66. The van der Waals surface area contributed by atoms with Crippen LogP contribution in [0.15, 0.2) is 12.4 Å². The highest BCUT2D eigenvalue weighted by atomic mass is 16.5. The molecule has 0 aliphatic carbocycles. The van der Waals surface area contributed by atoms with E-state index < -0.39 is 11.6 Å². The van der Waals surface area contributed by atoms with E-state index in [0.29, 0.717) is 37.9 Å². The number of methoxy groups -OCH3 is 1. The van der Waals surface area contributed by atoms with Crippen LogP contribution in [0.3, 0.4) is 0 Å². The summed E-state index contributed by atoms with van der Waals surface area (Å²) < 4.78 is 4.89. The Kier molecular flexibility index (Phi) is 4.56. The molecule has 0 aromatic carbocycles. The first kappa shape index (κ1) is 17.1. The summed E-state index contributed by atoms with van der Waals surface area (Å²) in [6.07, 6.45) is 4.70. The molecule has 1 aromatic rings. The molecule has 9 heteroatoms. The van der Waals surface area contributed by atoms with Gasteiger partial charge in [-0.1, -0.05) is 6.92 Å². The van der Waals surface area contributed by atoms with Crippen molar-refractivity contribution < 1.29 is 19.1 Å². The second-order valence-corrected chi connectivity index (χ2v) is 6.26. The van der Waals surface area contributed by atoms with Gasteiger partial charge in [-0.25, -0.2) is 14.8 Å². The Morgan fingerprint density at radius 2 is 1.96 bits per heavy atom. The number of amides is 4. The van der Waals surface area contributed by atoms with E-state index in [1.54, 1.807) is 4.90 Å². The topological polar surface area (TPSA) is 114 Å². The standard InChI is InChI=1S/C16H21N5O4/c1-3-16(13(23)19-14(24)20-16)11-4-6-21(7-5-11)12(22)10-8-17-15(25-2)18-9-10/h8-9,11H,3-7H2,1-2H3,(H2,19,20,23,24)/t16-/m0/s1. The van der Waals surface area contributed by atoms with Crippen molar-refractivity contribution in [2.24, 2.45) is 5.92 Å². The van der Waals surface area contributed by atoms with Crippen molar-refractivity contribution in [2.75, 3.05) is 20.2 Å². The fourth-order valence-electron chi connectivity index (χ4n) is 3.62. The summed E-state index contributed by atoms with van der Waals surface area (Å²) in [5, 5.41) is 5.12. The Balaban J connectivity index is 1.66. The van der Waals surface area contributed by atoms with Crippen molar-refractivity contribution in [1.82, 2.24) is 25.5 Å². The third-order valence-corrected chi connectivity index (χ3v) is 5.06. The van der Waals surface area contributed by atoms with E-state index >= 15 is 0 Å². The number of nitrogens with one attached hydrogen (secondary N) is 2. The molecule has 2 N–H and O–H groups in total. The van der Waals surface area contributed by atoms with Crippen molar-refractivity contribution in [3.05, 3.63) is 18.0 Å². The molecule has 4 amide bonds. The average Bonchev–Trinajstić information content (AvgIpc) is 2.95. The summed E-state index contributed by atoms with van der Waals surface area (Å²) in [4.78, 5) is 46.0. The zero-order valence-corrected chi connectivity index (χ0v) is 14.2. The number of aromatic nitrogens is 2. The largest absolute Gasteiger partial charge is 0.467 e. The molecule has 0 spiro atoms. The molecule has 134 valence electrons. The molecule has 0 unspecified atom stereocenters. The molecular weight excluding hydrogens is 326 g/mol. The molecule has 2 fully saturated rings. The van der Waals surface area contributed by atoms with Crippen molar-refractivity contribution >= 4 is 17.8 Å². The summed E-state index contributed by atoms with van der Waals surface area (Å²) in [5.74, 6) is -0.417. The monoisotopic (exact) mass is 347 g/mol. The quantitative estimate of drug-likeness (QED) is 0.759. The Bertz CT molecular complexity index is 684. The SMILES string of the molecule is CC[C@@]1(C2CCN(C(=O)c3cnc(OC)nc3)CC2)NC(=O)NC1=O. The van der Waals surface area contributed by atoms with Crippen molar-refractivity contribution in [3.63, 3.8) is 0 Å². The molecule has 0 saturated carbocycles. The lowest BCUT2D eigenvalue weighted by molar-refractivity contribution is -0.126. The molecule has 2 aliphatic heterocycles. The van der Waals surface area contributed by atoms with Gasteiger partial charge < -0.3 is 15.0 Å². The van der Waals surface area contributed by atoms with Gasteiger partial charge in [0.1, 0.15) is 5.54 Å². The summed E-state index contributed by atoms with van der Waals surface area (Å²) in [5.41, 5.74) is -0.466. The molecule has 1 atom stereocenters. The number of urea groups is 1. The zero-order chi connectivity index (χ0) is 18.0. The second-order valence-electron chi connectivity index (χ2n) is 6.26. The minimum absolute atomic E-state index is 0.000109. The number of rotatable bonds is 4. The molecule has 25 heavy (non-hydrogen) atoms. The van der Waals surface area contributed by atoms with Gasteiger partial charge in [0.05, 0.1) is 12.7 Å². The van der Waals surface area contributed by atoms with Crippen LogP contribution in [0.25, 0.3) is 0 Å². The fraction of sp³-hybridized carbons (Fsp3) is 0.562. The Morgan fingerprint density at radius 3 is 2.44 bits per heavy atom. The molecule has 0 radical (unpaired) electrons. The Morgan fingerprint density at radius 1 is 1.32 bits per heavy atom. The number of ether oxygens (including phenoxy) is 1. The summed E-state index contributed by atoms with van der Waals surface area (Å²) >= 11 is 0. The Hall–Kier alpha value is -2.71. The smallest absolute Gasteiger partial charge is 0.322 e. The summed E-state index contributed by atoms with van der Waals surface area (Å²) in [6.45, 7) is 2.91. The first-order chi connectivity index (χ1) is 12.0. The Labute approximate surface area is 145 Å². The number of hydrogen-bond acceptors (Lipinski definition) is 6. The molecule has 3 rings (SSSR count). The van der Waals surface area contributed by atoms with Gasteiger partial charge in [0.15, 0.2) is 0 Å². The normalized spacial score (nSPS) is 24.0. The van der Waals surface area contributed by atoms with Crippen molar-refractivity contribution in [3.8, 4) is 6.01 Å². The highest BCUT2D eigenvalue weighted by molar-refractivity contribution is 6.07. The number of carbonyl (C=O) groups is 3. The maximum Gasteiger partial charge on any atom is 0.322 e. The molecule has 1 aromatic heterocycles. The lowest BCUT2D eigenvalue weighted by atomic mass is 9.76. The van der Waals surface area contributed by atoms with Gasteiger partial charge in [-0.2, -0.15) is 0 Å². The van der Waals surface area contributed by atoms with Crippen LogP contribution >= 0.6 is 0 Å². The van der Waals surface area contributed by atoms with Crippen LogP contribution in [0.1, 0.15) is 36.5 Å². The maximum atomic E-state index is 12.5. The van der Waals surface area contributed by atoms with Crippen LogP contribution in [-0.2, 0) is 4.79 Å². The zero-order valence-electron chi connectivity index (χ0n) is 14.2. The molecule has 2 saturated heterocycles. The van der Waals surface area contributed by atoms with E-state index in [0.717, 1.165) is 0 Å². The number of hydrogen-bond donors (Lipinski definition) is 2. The minimum Gasteiger partial charge on any atom is -0.467 e. The van der Waals surface area contributed by atoms with Gasteiger partial charge in [0.25, 0.3) is 11.8 Å². The first-order valence-corrected chi connectivity index (χ1v) is 8.29. The van der Waals surface area contributed by atoms with E-state index in [2.05, 4.69) is 20.6 Å². The van der Waals surface area contributed by atoms with E-state index in [9.17, 15) is 14.4 Å². The average molecular weight is 347 g/mol. The first-order valence-electron chi connectivity index (χ1n) is 8.29. The van der Waals surface area contributed by atoms with Gasteiger partial charge in [-0.3, -0.25) is 14.9 Å². The van der Waals surface area contributed by atoms with Crippen LogP contribution in [-0.4, -0.2) is 58.5 Å². The lowest BCUT2D eigenvalue weighted by Crippen LogP contribution is -2.56. The van der Waals surface area contributed by atoms with E-state index in [-0.39, 0.29) is 23.7 Å². The van der Waals surface area contributed by atoms with Crippen molar-refractivity contribution in [2.45, 2.75) is 31.7 Å². The maximum absolute atomic E-state index is 12.5. The van der Waals surface area contributed by atoms with Crippen molar-refractivity contribution in [1.29, 1.82) is 0 Å². The molecule has 2 aliphatic rings. The van der Waals surface area contributed by atoms with Crippen LogP contribution in [0.5, 0.6) is 6.01 Å². The van der Waals surface area contributed by atoms with E-state index in [1.165, 1.54) is 19.5 Å². The van der Waals surface area contributed by atoms with E-state index in [1.807, 2.05) is 6.92 Å². The summed E-state index contributed by atoms with van der Waals surface area (Å²) in [6, 6.07) is -0.233. The fourth-order valence-corrected chi connectivity index (χ4v) is 3.62. The van der Waals surface area contributed by atoms with Gasteiger partial charge in [0, 0.05) is 25.5 Å². The number of likely N-dealkylation sites (tertiary alicyclic amines) is 1. The predicted octanol–water partition coefficient (Wildman–Crippen LogP) is 0.326. The van der Waals surface area contributed by atoms with Crippen LogP contribution < -0.4 is 15.4 Å². The highest BCUT2D eigenvalue weighted by Gasteiger charge is 2.51. The van der Waals surface area contributed by atoms with Gasteiger partial charge in [-0.05, 0) is 25.2 Å². The predicted molar refractivity (Wildman–Crippen MR) is 86.9 cm³/mol. The third-order valence-electron chi connectivity index (χ3n) is 5.06. The molecule has 9 nitrogen and oxygen atoms in total. The lowest BCUT2D eigenvalue weighted by Gasteiger charge is -2.40. The van der Waals surface area contributed by atoms with Crippen LogP contribution in [0, 0.1) is 5.92 Å². The third kappa shape index (κ3) is 3.01. The van der Waals surface area contributed by atoms with Crippen LogP contribution in [0.4, 0.5) is 4.79 Å². The van der Waals surface area contributed by atoms with Gasteiger partial charge in [0.2, 0.25) is 0 Å². The number of carbonyl (C=O) groups excluding carboxylic acids is 3. The number of nitrogens with zero attached hydrogens (tertiary/aromatic N) is 3. The number of piperidine rings is 1. The minimum atomic E-state index is -0.866. The highest BCUT2D eigenvalue weighted by Crippen LogP contribution is 2.33. The van der Waals surface area contributed by atoms with E-state index in [4.69, 9.17) is 4.74 Å². The number of imide groups is 1. The van der Waals surface area contributed by atoms with Gasteiger partial charge in [-0.15, -0.1) is 0 Å². The van der Waals surface area contributed by atoms with Gasteiger partial charge >= 0.3 is 12.0 Å².